The highest BCUT2D eigenvalue weighted by atomic mass is 32.1. The van der Waals surface area contributed by atoms with E-state index in [9.17, 15) is 0 Å². The summed E-state index contributed by atoms with van der Waals surface area (Å²) in [4.78, 5) is 7.27. The number of hydrogen-bond acceptors (Lipinski definition) is 4. The van der Waals surface area contributed by atoms with E-state index in [2.05, 4.69) is 217 Å². The number of benzene rings is 10. The Morgan fingerprint density at radius 2 is 0.879 bits per heavy atom. The van der Waals surface area contributed by atoms with Crippen LogP contribution in [0.5, 0.6) is 0 Å². The van der Waals surface area contributed by atoms with Crippen LogP contribution in [-0.4, -0.2) is 4.98 Å². The number of fused-ring (bicyclic) bond motifs is 7. The van der Waals surface area contributed by atoms with Crippen molar-refractivity contribution in [3.8, 4) is 44.8 Å². The molecule has 4 heteroatoms. The fraction of sp³-hybridized carbons (Fsp3) is 0.0161. The van der Waals surface area contributed by atoms with Crippen LogP contribution >= 0.6 is 11.3 Å². The highest BCUT2D eigenvalue weighted by Crippen LogP contribution is 2.57. The van der Waals surface area contributed by atoms with Crippen molar-refractivity contribution in [1.29, 1.82) is 0 Å². The van der Waals surface area contributed by atoms with Gasteiger partial charge >= 0.3 is 0 Å². The van der Waals surface area contributed by atoms with Crippen LogP contribution < -0.4 is 4.90 Å². The second-order valence-corrected chi connectivity index (χ2v) is 18.0. The summed E-state index contributed by atoms with van der Waals surface area (Å²) in [6.45, 7) is 0. The standard InChI is InChI=1S/C62H40N2OS/c1-5-17-41(18-6-1)49-26-15-28-53-54-29-16-27-50(60(54)66-59(49)53)42-31-33-46(34-32-42)64(48-36-38-57-58(40-48)65-61(63-57)43-19-7-2-8-20-43)47-35-37-52-51-25-13-14-30-55(51)62(56(52)39-47,44-21-9-3-10-22-44)45-23-11-4-12-24-45/h1-40H. The molecule has 2 heterocycles. The second-order valence-electron chi connectivity index (χ2n) is 17.0. The van der Waals surface area contributed by atoms with Crippen molar-refractivity contribution in [3.05, 3.63) is 265 Å². The first-order valence-electron chi connectivity index (χ1n) is 22.4. The third-order valence-corrected chi connectivity index (χ3v) is 14.7. The van der Waals surface area contributed by atoms with Crippen LogP contribution in [0.3, 0.4) is 0 Å². The van der Waals surface area contributed by atoms with Crippen molar-refractivity contribution >= 4 is 59.7 Å². The monoisotopic (exact) mass is 860 g/mol. The molecule has 0 atom stereocenters. The van der Waals surface area contributed by atoms with Crippen LogP contribution in [0.4, 0.5) is 17.1 Å². The van der Waals surface area contributed by atoms with E-state index in [-0.39, 0.29) is 0 Å². The molecule has 1 aliphatic rings. The summed E-state index contributed by atoms with van der Waals surface area (Å²) in [5.41, 5.74) is 17.4. The second kappa shape index (κ2) is 15.4. The molecule has 66 heavy (non-hydrogen) atoms. The SMILES string of the molecule is c1ccc(-c2nc3ccc(N(c4ccc(-c5cccc6c5sc5c(-c7ccccc7)cccc56)cc4)c4ccc5c(c4)C(c4ccccc4)(c4ccccc4)c4ccccc4-5)cc3o2)cc1. The normalized spacial score (nSPS) is 12.7. The summed E-state index contributed by atoms with van der Waals surface area (Å²) in [5, 5.41) is 2.57. The number of hydrogen-bond donors (Lipinski definition) is 0. The van der Waals surface area contributed by atoms with Crippen LogP contribution in [0.25, 0.3) is 76.1 Å². The number of rotatable bonds is 8. The molecule has 0 radical (unpaired) electrons. The van der Waals surface area contributed by atoms with Gasteiger partial charge in [0.1, 0.15) is 5.52 Å². The lowest BCUT2D eigenvalue weighted by Crippen LogP contribution is -2.28. The molecule has 12 aromatic rings. The molecular weight excluding hydrogens is 821 g/mol. The molecule has 0 unspecified atom stereocenters. The minimum atomic E-state index is -0.539. The maximum Gasteiger partial charge on any atom is 0.227 e. The summed E-state index contributed by atoms with van der Waals surface area (Å²) in [6.07, 6.45) is 0. The Labute approximate surface area is 387 Å². The van der Waals surface area contributed by atoms with E-state index in [0.717, 1.165) is 33.7 Å². The Hall–Kier alpha value is -8.31. The molecule has 310 valence electrons. The molecule has 0 spiro atoms. The Morgan fingerprint density at radius 3 is 1.53 bits per heavy atom. The van der Waals surface area contributed by atoms with Crippen LogP contribution in [0, 0.1) is 0 Å². The van der Waals surface area contributed by atoms with E-state index in [0.29, 0.717) is 5.89 Å². The van der Waals surface area contributed by atoms with Crippen molar-refractivity contribution in [2.45, 2.75) is 5.41 Å². The van der Waals surface area contributed by atoms with Crippen molar-refractivity contribution < 1.29 is 4.42 Å². The topological polar surface area (TPSA) is 29.3 Å². The predicted molar refractivity (Wildman–Crippen MR) is 275 cm³/mol. The molecule has 2 aromatic heterocycles. The van der Waals surface area contributed by atoms with Gasteiger partial charge in [-0.2, -0.15) is 0 Å². The van der Waals surface area contributed by atoms with Crippen LogP contribution in [-0.2, 0) is 5.41 Å². The van der Waals surface area contributed by atoms with Crippen molar-refractivity contribution in [2.75, 3.05) is 4.90 Å². The van der Waals surface area contributed by atoms with Gasteiger partial charge < -0.3 is 9.32 Å². The molecule has 0 aliphatic heterocycles. The molecule has 13 rings (SSSR count). The van der Waals surface area contributed by atoms with Gasteiger partial charge in [0.15, 0.2) is 5.58 Å². The average molecular weight is 861 g/mol. The number of oxazole rings is 1. The van der Waals surface area contributed by atoms with Gasteiger partial charge in [-0.15, -0.1) is 11.3 Å². The van der Waals surface area contributed by atoms with Gasteiger partial charge in [0, 0.05) is 48.9 Å². The fourth-order valence-corrected chi connectivity index (χ4v) is 11.8. The molecule has 10 aromatic carbocycles. The Balaban J connectivity index is 0.992. The zero-order valence-electron chi connectivity index (χ0n) is 35.8. The van der Waals surface area contributed by atoms with E-state index in [1.165, 1.54) is 75.8 Å². The van der Waals surface area contributed by atoms with Gasteiger partial charge in [0.25, 0.3) is 0 Å². The van der Waals surface area contributed by atoms with Crippen LogP contribution in [0.15, 0.2) is 247 Å². The molecule has 0 saturated heterocycles. The van der Waals surface area contributed by atoms with Crippen molar-refractivity contribution in [2.24, 2.45) is 0 Å². The minimum absolute atomic E-state index is 0.539. The third-order valence-electron chi connectivity index (χ3n) is 13.4. The zero-order chi connectivity index (χ0) is 43.6. The number of thiophene rings is 1. The molecule has 3 nitrogen and oxygen atoms in total. The largest absolute Gasteiger partial charge is 0.436 e. The first-order chi connectivity index (χ1) is 32.7. The molecule has 1 aliphatic carbocycles. The summed E-state index contributed by atoms with van der Waals surface area (Å²) in [5.74, 6) is 0.607. The summed E-state index contributed by atoms with van der Waals surface area (Å²) >= 11 is 1.89. The average Bonchev–Trinajstić information content (AvgIpc) is 4.09. The first-order valence-corrected chi connectivity index (χ1v) is 23.3. The third kappa shape index (κ3) is 5.99. The highest BCUT2D eigenvalue weighted by Gasteiger charge is 2.46. The molecule has 0 saturated carbocycles. The lowest BCUT2D eigenvalue weighted by molar-refractivity contribution is 0.620. The lowest BCUT2D eigenvalue weighted by Gasteiger charge is -2.35. The smallest absolute Gasteiger partial charge is 0.227 e. The summed E-state index contributed by atoms with van der Waals surface area (Å²) in [6, 6.07) is 87.7. The van der Waals surface area contributed by atoms with Gasteiger partial charge in [-0.3, -0.25) is 0 Å². The van der Waals surface area contributed by atoms with Gasteiger partial charge in [0.2, 0.25) is 5.89 Å². The fourth-order valence-electron chi connectivity index (χ4n) is 10.5. The Bertz CT molecular complexity index is 3710. The van der Waals surface area contributed by atoms with E-state index in [4.69, 9.17) is 9.40 Å². The number of aromatic nitrogens is 1. The van der Waals surface area contributed by atoms with E-state index in [1.54, 1.807) is 0 Å². The number of nitrogens with zero attached hydrogens (tertiary/aromatic N) is 2. The maximum atomic E-state index is 6.52. The molecule has 0 N–H and O–H groups in total. The number of anilines is 3. The molecule has 0 amide bonds. The lowest BCUT2D eigenvalue weighted by atomic mass is 9.67. The van der Waals surface area contributed by atoms with E-state index in [1.807, 2.05) is 41.7 Å². The Kier molecular flexibility index (Phi) is 8.93. The Morgan fingerprint density at radius 1 is 0.379 bits per heavy atom. The first kappa shape index (κ1) is 38.2. The van der Waals surface area contributed by atoms with E-state index >= 15 is 0 Å². The van der Waals surface area contributed by atoms with Crippen LogP contribution in [0.1, 0.15) is 22.3 Å². The van der Waals surface area contributed by atoms with E-state index < -0.39 is 5.41 Å². The van der Waals surface area contributed by atoms with Crippen molar-refractivity contribution in [1.82, 2.24) is 4.98 Å². The summed E-state index contributed by atoms with van der Waals surface area (Å²) in [7, 11) is 0. The van der Waals surface area contributed by atoms with Crippen LogP contribution in [0.2, 0.25) is 0 Å². The van der Waals surface area contributed by atoms with Gasteiger partial charge in [-0.25, -0.2) is 4.98 Å². The van der Waals surface area contributed by atoms with Gasteiger partial charge in [-0.05, 0) is 104 Å². The highest BCUT2D eigenvalue weighted by molar-refractivity contribution is 7.26. The minimum Gasteiger partial charge on any atom is -0.436 e. The predicted octanol–water partition coefficient (Wildman–Crippen LogP) is 17.0. The van der Waals surface area contributed by atoms with Crippen molar-refractivity contribution in [3.63, 3.8) is 0 Å². The van der Waals surface area contributed by atoms with Gasteiger partial charge in [-0.1, -0.05) is 188 Å². The summed E-state index contributed by atoms with van der Waals surface area (Å²) < 4.78 is 9.13. The maximum absolute atomic E-state index is 6.52. The molecular formula is C62H40N2OS. The zero-order valence-corrected chi connectivity index (χ0v) is 36.6. The quantitative estimate of drug-likeness (QED) is 0.152. The molecule has 0 bridgehead atoms. The van der Waals surface area contributed by atoms with Gasteiger partial charge in [0.05, 0.1) is 5.41 Å². The molecule has 0 fully saturated rings.